The van der Waals surface area contributed by atoms with Crippen molar-refractivity contribution in [2.24, 2.45) is 0 Å². The average Bonchev–Trinajstić information content (AvgIpc) is 2.49. The summed E-state index contributed by atoms with van der Waals surface area (Å²) in [6.45, 7) is 1.67. The molecule has 0 aliphatic carbocycles. The number of nitrogens with one attached hydrogen (secondary N) is 1. The minimum absolute atomic E-state index is 0.0158. The Balaban J connectivity index is 2.14. The first-order chi connectivity index (χ1) is 10.5. The van der Waals surface area contributed by atoms with E-state index in [0.29, 0.717) is 11.3 Å². The monoisotopic (exact) mass is 316 g/mol. The lowest BCUT2D eigenvalue weighted by atomic mass is 10.1. The molecule has 0 unspecified atom stereocenters. The van der Waals surface area contributed by atoms with Crippen molar-refractivity contribution in [1.29, 1.82) is 0 Å². The summed E-state index contributed by atoms with van der Waals surface area (Å²) in [5.74, 6) is -0.336. The highest BCUT2D eigenvalue weighted by atomic mass is 35.5. The molecule has 0 fully saturated rings. The van der Waals surface area contributed by atoms with E-state index in [4.69, 9.17) is 11.6 Å². The van der Waals surface area contributed by atoms with Gasteiger partial charge in [-0.25, -0.2) is 0 Å². The summed E-state index contributed by atoms with van der Waals surface area (Å²) in [6.07, 6.45) is 3.07. The minimum atomic E-state index is -0.559. The van der Waals surface area contributed by atoms with Gasteiger partial charge in [-0.1, -0.05) is 41.9 Å². The number of benzene rings is 2. The molecule has 0 atom stereocenters. The van der Waals surface area contributed by atoms with Crippen LogP contribution < -0.4 is 5.32 Å². The molecule has 6 heteroatoms. The van der Waals surface area contributed by atoms with Crippen LogP contribution in [0.25, 0.3) is 6.08 Å². The van der Waals surface area contributed by atoms with E-state index in [0.717, 1.165) is 5.56 Å². The Bertz CT molecular complexity index is 743. The summed E-state index contributed by atoms with van der Waals surface area (Å²) in [7, 11) is 0. The summed E-state index contributed by atoms with van der Waals surface area (Å²) in [5.41, 5.74) is 1.73. The molecule has 0 aromatic heterocycles. The maximum atomic E-state index is 11.9. The van der Waals surface area contributed by atoms with Crippen LogP contribution in [-0.4, -0.2) is 10.8 Å². The smallest absolute Gasteiger partial charge is 0.288 e. The Morgan fingerprint density at radius 3 is 2.59 bits per heavy atom. The van der Waals surface area contributed by atoms with Crippen LogP contribution in [0.3, 0.4) is 0 Å². The second-order valence-corrected chi connectivity index (χ2v) is 5.02. The maximum Gasteiger partial charge on any atom is 0.288 e. The van der Waals surface area contributed by atoms with E-state index in [-0.39, 0.29) is 16.6 Å². The molecule has 1 amide bonds. The standard InChI is InChI=1S/C16H13ClN2O3/c1-11-9-15(19(21)22)13(17)10-14(11)18-16(20)8-7-12-5-3-2-4-6-12/h2-10H,1H3,(H,18,20). The zero-order chi connectivity index (χ0) is 16.1. The number of carbonyl (C=O) groups is 1. The number of carbonyl (C=O) groups excluding carboxylic acids is 1. The Kier molecular flexibility index (Phi) is 4.91. The fourth-order valence-corrected chi connectivity index (χ4v) is 2.08. The number of nitrogens with zero attached hydrogens (tertiary/aromatic N) is 1. The minimum Gasteiger partial charge on any atom is -0.322 e. The van der Waals surface area contributed by atoms with Crippen LogP contribution in [-0.2, 0) is 4.79 Å². The quantitative estimate of drug-likeness (QED) is 0.521. The third-order valence-corrected chi connectivity index (χ3v) is 3.28. The predicted molar refractivity (Wildman–Crippen MR) is 86.9 cm³/mol. The van der Waals surface area contributed by atoms with Crippen molar-refractivity contribution in [3.8, 4) is 0 Å². The zero-order valence-electron chi connectivity index (χ0n) is 11.7. The Morgan fingerprint density at radius 2 is 1.95 bits per heavy atom. The van der Waals surface area contributed by atoms with Crippen molar-refractivity contribution < 1.29 is 9.72 Å². The van der Waals surface area contributed by atoms with E-state index in [1.165, 1.54) is 18.2 Å². The molecule has 2 aromatic rings. The molecule has 0 aliphatic rings. The lowest BCUT2D eigenvalue weighted by Crippen LogP contribution is -2.09. The molecule has 0 radical (unpaired) electrons. The summed E-state index contributed by atoms with van der Waals surface area (Å²) >= 11 is 5.84. The first kappa shape index (κ1) is 15.7. The van der Waals surface area contributed by atoms with Crippen LogP contribution in [0.1, 0.15) is 11.1 Å². The van der Waals surface area contributed by atoms with Crippen molar-refractivity contribution in [3.63, 3.8) is 0 Å². The van der Waals surface area contributed by atoms with Gasteiger partial charge in [-0.15, -0.1) is 0 Å². The summed E-state index contributed by atoms with van der Waals surface area (Å²) in [6, 6.07) is 12.1. The van der Waals surface area contributed by atoms with Gasteiger partial charge in [0.15, 0.2) is 0 Å². The van der Waals surface area contributed by atoms with Crippen molar-refractivity contribution >= 4 is 35.0 Å². The largest absolute Gasteiger partial charge is 0.322 e. The van der Waals surface area contributed by atoms with Gasteiger partial charge in [-0.3, -0.25) is 14.9 Å². The Labute approximate surface area is 132 Å². The number of aryl methyl sites for hydroxylation is 1. The molecule has 112 valence electrons. The first-order valence-electron chi connectivity index (χ1n) is 6.46. The van der Waals surface area contributed by atoms with Crippen molar-refractivity contribution in [1.82, 2.24) is 0 Å². The van der Waals surface area contributed by atoms with E-state index >= 15 is 0 Å². The highest BCUT2D eigenvalue weighted by Gasteiger charge is 2.15. The van der Waals surface area contributed by atoms with E-state index < -0.39 is 4.92 Å². The number of hydrogen-bond donors (Lipinski definition) is 1. The predicted octanol–water partition coefficient (Wildman–Crippen LogP) is 4.21. The van der Waals surface area contributed by atoms with E-state index in [9.17, 15) is 14.9 Å². The van der Waals surface area contributed by atoms with Gasteiger partial charge in [0.25, 0.3) is 5.69 Å². The number of halogens is 1. The zero-order valence-corrected chi connectivity index (χ0v) is 12.5. The Hall–Kier alpha value is -2.66. The molecule has 2 rings (SSSR count). The number of nitro benzene ring substituents is 1. The highest BCUT2D eigenvalue weighted by molar-refractivity contribution is 6.33. The number of nitro groups is 1. The molecule has 1 N–H and O–H groups in total. The maximum absolute atomic E-state index is 11.9. The summed E-state index contributed by atoms with van der Waals surface area (Å²) < 4.78 is 0. The second-order valence-electron chi connectivity index (χ2n) is 4.61. The van der Waals surface area contributed by atoms with Gasteiger partial charge in [0, 0.05) is 17.8 Å². The molecule has 0 saturated carbocycles. The van der Waals surface area contributed by atoms with E-state index in [1.54, 1.807) is 13.0 Å². The van der Waals surface area contributed by atoms with Crippen molar-refractivity contribution in [2.45, 2.75) is 6.92 Å². The van der Waals surface area contributed by atoms with Gasteiger partial charge in [-0.05, 0) is 30.2 Å². The van der Waals surface area contributed by atoms with Gasteiger partial charge in [0.1, 0.15) is 5.02 Å². The SMILES string of the molecule is Cc1cc([N+](=O)[O-])c(Cl)cc1NC(=O)C=Cc1ccccc1. The molecule has 0 heterocycles. The van der Waals surface area contributed by atoms with Gasteiger partial charge < -0.3 is 5.32 Å². The molecule has 0 aliphatic heterocycles. The number of rotatable bonds is 4. The summed E-state index contributed by atoms with van der Waals surface area (Å²) in [5, 5.41) is 13.4. The molecule has 0 saturated heterocycles. The average molecular weight is 317 g/mol. The third kappa shape index (κ3) is 3.93. The van der Waals surface area contributed by atoms with E-state index in [1.807, 2.05) is 30.3 Å². The molecule has 2 aromatic carbocycles. The van der Waals surface area contributed by atoms with Crippen LogP contribution in [0.15, 0.2) is 48.5 Å². The third-order valence-electron chi connectivity index (χ3n) is 2.98. The number of anilines is 1. The van der Waals surface area contributed by atoms with Gasteiger partial charge in [0.05, 0.1) is 4.92 Å². The molecule has 0 bridgehead atoms. The summed E-state index contributed by atoms with van der Waals surface area (Å²) in [4.78, 5) is 22.1. The second kappa shape index (κ2) is 6.87. The fraction of sp³-hybridized carbons (Fsp3) is 0.0625. The molecule has 22 heavy (non-hydrogen) atoms. The molecule has 5 nitrogen and oxygen atoms in total. The highest BCUT2D eigenvalue weighted by Crippen LogP contribution is 2.30. The lowest BCUT2D eigenvalue weighted by Gasteiger charge is -2.07. The van der Waals surface area contributed by atoms with Gasteiger partial charge in [0.2, 0.25) is 5.91 Å². The molecular weight excluding hydrogens is 304 g/mol. The van der Waals surface area contributed by atoms with Crippen LogP contribution in [0, 0.1) is 17.0 Å². The lowest BCUT2D eigenvalue weighted by molar-refractivity contribution is -0.384. The number of amides is 1. The van der Waals surface area contributed by atoms with Crippen molar-refractivity contribution in [3.05, 3.63) is 74.8 Å². The van der Waals surface area contributed by atoms with Crippen molar-refractivity contribution in [2.75, 3.05) is 5.32 Å². The van der Waals surface area contributed by atoms with Gasteiger partial charge in [-0.2, -0.15) is 0 Å². The molecule has 0 spiro atoms. The van der Waals surface area contributed by atoms with Gasteiger partial charge >= 0.3 is 0 Å². The molecular formula is C16H13ClN2O3. The van der Waals surface area contributed by atoms with Crippen LogP contribution >= 0.6 is 11.6 Å². The number of hydrogen-bond acceptors (Lipinski definition) is 3. The topological polar surface area (TPSA) is 72.2 Å². The fourth-order valence-electron chi connectivity index (χ4n) is 1.85. The first-order valence-corrected chi connectivity index (χ1v) is 6.84. The van der Waals surface area contributed by atoms with Crippen LogP contribution in [0.5, 0.6) is 0 Å². The Morgan fingerprint density at radius 1 is 1.27 bits per heavy atom. The van der Waals surface area contributed by atoms with Crippen LogP contribution in [0.2, 0.25) is 5.02 Å². The normalized spacial score (nSPS) is 10.6. The van der Waals surface area contributed by atoms with Crippen LogP contribution in [0.4, 0.5) is 11.4 Å². The van der Waals surface area contributed by atoms with E-state index in [2.05, 4.69) is 5.32 Å².